The van der Waals surface area contributed by atoms with Crippen molar-refractivity contribution in [3.63, 3.8) is 0 Å². The summed E-state index contributed by atoms with van der Waals surface area (Å²) in [6.07, 6.45) is 0. The number of hydrogen-bond acceptors (Lipinski definition) is 3. The van der Waals surface area contributed by atoms with Crippen LogP contribution >= 0.6 is 0 Å². The molecular formula is C19H22FN3O. The van der Waals surface area contributed by atoms with Gasteiger partial charge in [-0.2, -0.15) is 0 Å². The molecule has 126 valence electrons. The molecule has 2 aromatic carbocycles. The first-order valence-electron chi connectivity index (χ1n) is 8.28. The summed E-state index contributed by atoms with van der Waals surface area (Å²) in [5.74, 6) is -0.614. The summed E-state index contributed by atoms with van der Waals surface area (Å²) in [4.78, 5) is 16.7. The fourth-order valence-electron chi connectivity index (χ4n) is 2.93. The molecule has 4 nitrogen and oxygen atoms in total. The molecule has 1 fully saturated rings. The number of para-hydroxylation sites is 1. The lowest BCUT2D eigenvalue weighted by atomic mass is 10.2. The van der Waals surface area contributed by atoms with E-state index in [-0.39, 0.29) is 11.7 Å². The monoisotopic (exact) mass is 327 g/mol. The van der Waals surface area contributed by atoms with Gasteiger partial charge in [0.15, 0.2) is 0 Å². The Morgan fingerprint density at radius 2 is 1.75 bits per heavy atom. The number of piperazine rings is 1. The maximum atomic E-state index is 13.1. The molecule has 0 radical (unpaired) electrons. The molecule has 3 rings (SSSR count). The maximum absolute atomic E-state index is 13.1. The van der Waals surface area contributed by atoms with Gasteiger partial charge in [-0.1, -0.05) is 24.3 Å². The molecule has 1 heterocycles. The topological polar surface area (TPSA) is 35.6 Å². The van der Waals surface area contributed by atoms with Gasteiger partial charge in [0.1, 0.15) is 5.82 Å². The normalized spacial score (nSPS) is 15.3. The first-order valence-corrected chi connectivity index (χ1v) is 8.28. The quantitative estimate of drug-likeness (QED) is 0.916. The third kappa shape index (κ3) is 4.32. The molecule has 2 aromatic rings. The minimum absolute atomic E-state index is 0.225. The lowest BCUT2D eigenvalue weighted by molar-refractivity contribution is 0.0947. The number of carbonyl (C=O) groups is 1. The molecule has 5 heteroatoms. The van der Waals surface area contributed by atoms with Crippen molar-refractivity contribution in [1.82, 2.24) is 10.2 Å². The number of benzene rings is 2. The lowest BCUT2D eigenvalue weighted by Gasteiger charge is -2.36. The van der Waals surface area contributed by atoms with Crippen molar-refractivity contribution in [3.8, 4) is 0 Å². The highest BCUT2D eigenvalue weighted by Crippen LogP contribution is 2.15. The average Bonchev–Trinajstić information content (AvgIpc) is 2.63. The Hall–Kier alpha value is -2.40. The Morgan fingerprint density at radius 3 is 2.46 bits per heavy atom. The molecule has 0 bridgehead atoms. The second kappa shape index (κ2) is 7.93. The largest absolute Gasteiger partial charge is 0.369 e. The number of nitrogens with zero attached hydrogens (tertiary/aromatic N) is 2. The summed E-state index contributed by atoms with van der Waals surface area (Å²) in [7, 11) is 0. The number of rotatable bonds is 5. The minimum atomic E-state index is -0.389. The number of amides is 1. The number of nitrogens with one attached hydrogen (secondary N) is 1. The Balaban J connectivity index is 1.40. The van der Waals surface area contributed by atoms with Gasteiger partial charge in [0, 0.05) is 50.5 Å². The van der Waals surface area contributed by atoms with Crippen molar-refractivity contribution < 1.29 is 9.18 Å². The third-order valence-electron chi connectivity index (χ3n) is 4.29. The fraction of sp³-hybridized carbons (Fsp3) is 0.316. The molecule has 0 atom stereocenters. The van der Waals surface area contributed by atoms with Crippen LogP contribution in [-0.2, 0) is 0 Å². The average molecular weight is 327 g/mol. The van der Waals surface area contributed by atoms with E-state index in [1.165, 1.54) is 17.8 Å². The minimum Gasteiger partial charge on any atom is -0.369 e. The Labute approximate surface area is 141 Å². The van der Waals surface area contributed by atoms with Crippen molar-refractivity contribution in [2.45, 2.75) is 0 Å². The summed E-state index contributed by atoms with van der Waals surface area (Å²) in [5, 5.41) is 2.86. The van der Waals surface area contributed by atoms with E-state index >= 15 is 0 Å². The first-order chi connectivity index (χ1) is 11.7. The number of carbonyl (C=O) groups excluding carboxylic acids is 1. The molecule has 1 amide bonds. The van der Waals surface area contributed by atoms with Crippen molar-refractivity contribution in [2.75, 3.05) is 44.2 Å². The summed E-state index contributed by atoms with van der Waals surface area (Å²) < 4.78 is 13.1. The summed E-state index contributed by atoms with van der Waals surface area (Å²) >= 11 is 0. The van der Waals surface area contributed by atoms with Gasteiger partial charge >= 0.3 is 0 Å². The van der Waals surface area contributed by atoms with E-state index in [1.807, 2.05) is 6.07 Å². The molecule has 0 aromatic heterocycles. The maximum Gasteiger partial charge on any atom is 0.251 e. The van der Waals surface area contributed by atoms with E-state index in [2.05, 4.69) is 39.4 Å². The Morgan fingerprint density at radius 1 is 1.00 bits per heavy atom. The summed E-state index contributed by atoms with van der Waals surface area (Å²) in [6.45, 7) is 5.31. The molecule has 0 unspecified atom stereocenters. The van der Waals surface area contributed by atoms with E-state index in [4.69, 9.17) is 0 Å². The van der Waals surface area contributed by atoms with Crippen LogP contribution in [0.15, 0.2) is 54.6 Å². The van der Waals surface area contributed by atoms with Gasteiger partial charge in [0.25, 0.3) is 5.91 Å². The number of anilines is 1. The molecule has 0 saturated carbocycles. The van der Waals surface area contributed by atoms with Crippen LogP contribution in [0.4, 0.5) is 10.1 Å². The number of halogens is 1. The highest BCUT2D eigenvalue weighted by Gasteiger charge is 2.16. The zero-order valence-electron chi connectivity index (χ0n) is 13.6. The van der Waals surface area contributed by atoms with Gasteiger partial charge in [-0.25, -0.2) is 4.39 Å². The zero-order chi connectivity index (χ0) is 16.8. The van der Waals surface area contributed by atoms with Crippen LogP contribution in [0, 0.1) is 5.82 Å². The van der Waals surface area contributed by atoms with Crippen LogP contribution in [0.3, 0.4) is 0 Å². The molecule has 0 spiro atoms. The van der Waals surface area contributed by atoms with Crippen molar-refractivity contribution in [3.05, 3.63) is 66.0 Å². The first kappa shape index (κ1) is 16.5. The van der Waals surface area contributed by atoms with E-state index in [1.54, 1.807) is 12.1 Å². The predicted octanol–water partition coefficient (Wildman–Crippen LogP) is 2.38. The SMILES string of the molecule is O=C(NCCN1CCN(c2ccccc2)CC1)c1cccc(F)c1. The van der Waals surface area contributed by atoms with Crippen LogP contribution in [-0.4, -0.2) is 50.1 Å². The Bertz CT molecular complexity index is 669. The van der Waals surface area contributed by atoms with Crippen LogP contribution in [0.25, 0.3) is 0 Å². The van der Waals surface area contributed by atoms with Gasteiger partial charge in [-0.3, -0.25) is 9.69 Å². The number of hydrogen-bond donors (Lipinski definition) is 1. The van der Waals surface area contributed by atoms with Crippen molar-refractivity contribution in [2.24, 2.45) is 0 Å². The standard InChI is InChI=1S/C19H22FN3O/c20-17-6-4-5-16(15-17)19(24)21-9-10-22-11-13-23(14-12-22)18-7-2-1-3-8-18/h1-8,15H,9-14H2,(H,21,24). The molecule has 1 saturated heterocycles. The summed E-state index contributed by atoms with van der Waals surface area (Å²) in [6, 6.07) is 16.2. The van der Waals surface area contributed by atoms with E-state index in [9.17, 15) is 9.18 Å². The van der Waals surface area contributed by atoms with E-state index < -0.39 is 0 Å². The van der Waals surface area contributed by atoms with E-state index in [0.717, 1.165) is 32.7 Å². The van der Waals surface area contributed by atoms with E-state index in [0.29, 0.717) is 12.1 Å². The smallest absolute Gasteiger partial charge is 0.251 e. The molecule has 1 aliphatic heterocycles. The highest BCUT2D eigenvalue weighted by molar-refractivity contribution is 5.94. The van der Waals surface area contributed by atoms with Gasteiger partial charge < -0.3 is 10.2 Å². The molecule has 1 aliphatic rings. The van der Waals surface area contributed by atoms with Gasteiger partial charge in [0.2, 0.25) is 0 Å². The lowest BCUT2D eigenvalue weighted by Crippen LogP contribution is -2.48. The molecule has 24 heavy (non-hydrogen) atoms. The second-order valence-corrected chi connectivity index (χ2v) is 5.93. The second-order valence-electron chi connectivity index (χ2n) is 5.93. The van der Waals surface area contributed by atoms with Gasteiger partial charge in [-0.05, 0) is 30.3 Å². The van der Waals surface area contributed by atoms with Crippen LogP contribution in [0.2, 0.25) is 0 Å². The predicted molar refractivity (Wildman–Crippen MR) is 93.8 cm³/mol. The summed E-state index contributed by atoms with van der Waals surface area (Å²) in [5.41, 5.74) is 1.63. The van der Waals surface area contributed by atoms with Crippen LogP contribution in [0.1, 0.15) is 10.4 Å². The fourth-order valence-corrected chi connectivity index (χ4v) is 2.93. The van der Waals surface area contributed by atoms with Crippen LogP contribution in [0.5, 0.6) is 0 Å². The third-order valence-corrected chi connectivity index (χ3v) is 4.29. The molecular weight excluding hydrogens is 305 g/mol. The zero-order valence-corrected chi connectivity index (χ0v) is 13.6. The highest BCUT2D eigenvalue weighted by atomic mass is 19.1. The Kier molecular flexibility index (Phi) is 5.43. The van der Waals surface area contributed by atoms with Crippen LogP contribution < -0.4 is 10.2 Å². The molecule has 1 N–H and O–H groups in total. The van der Waals surface area contributed by atoms with Gasteiger partial charge in [-0.15, -0.1) is 0 Å². The van der Waals surface area contributed by atoms with Gasteiger partial charge in [0.05, 0.1) is 0 Å². The van der Waals surface area contributed by atoms with Crippen molar-refractivity contribution >= 4 is 11.6 Å². The van der Waals surface area contributed by atoms with Crippen molar-refractivity contribution in [1.29, 1.82) is 0 Å². The molecule has 0 aliphatic carbocycles.